The van der Waals surface area contributed by atoms with Crippen molar-refractivity contribution in [3.8, 4) is 0 Å². The van der Waals surface area contributed by atoms with Crippen LogP contribution in [0.15, 0.2) is 60.7 Å². The molecule has 1 atom stereocenters. The zero-order valence-electron chi connectivity index (χ0n) is 15.7. The van der Waals surface area contributed by atoms with E-state index in [1.165, 1.54) is 0 Å². The van der Waals surface area contributed by atoms with E-state index in [-0.39, 0.29) is 17.2 Å². The molecular formula is C22H27N3O2. The van der Waals surface area contributed by atoms with Gasteiger partial charge in [0, 0.05) is 12.1 Å². The summed E-state index contributed by atoms with van der Waals surface area (Å²) < 4.78 is 0. The van der Waals surface area contributed by atoms with E-state index in [9.17, 15) is 9.59 Å². The number of carbonyl (C=O) groups excluding carboxylic acids is 2. The highest BCUT2D eigenvalue weighted by Gasteiger charge is 2.29. The van der Waals surface area contributed by atoms with E-state index in [0.29, 0.717) is 12.1 Å². The number of hydrogen-bond acceptors (Lipinski definition) is 3. The molecule has 0 radical (unpaired) electrons. The van der Waals surface area contributed by atoms with Gasteiger partial charge in [-0.1, -0.05) is 55.5 Å². The molecule has 0 spiro atoms. The summed E-state index contributed by atoms with van der Waals surface area (Å²) in [6, 6.07) is 17.6. The first-order valence-corrected chi connectivity index (χ1v) is 9.47. The first-order valence-electron chi connectivity index (χ1n) is 9.47. The van der Waals surface area contributed by atoms with Gasteiger partial charge in [0.05, 0.1) is 0 Å². The third-order valence-electron chi connectivity index (χ3n) is 5.21. The van der Waals surface area contributed by atoms with Crippen LogP contribution in [0.5, 0.6) is 0 Å². The van der Waals surface area contributed by atoms with Gasteiger partial charge in [0.1, 0.15) is 6.04 Å². The van der Waals surface area contributed by atoms with E-state index >= 15 is 0 Å². The van der Waals surface area contributed by atoms with Crippen LogP contribution >= 0.6 is 0 Å². The van der Waals surface area contributed by atoms with Crippen LogP contribution in [0.2, 0.25) is 0 Å². The minimum absolute atomic E-state index is 0.0889. The topological polar surface area (TPSA) is 70.2 Å². The van der Waals surface area contributed by atoms with Crippen molar-refractivity contribution in [2.75, 3.05) is 19.6 Å². The lowest BCUT2D eigenvalue weighted by Crippen LogP contribution is -2.46. The van der Waals surface area contributed by atoms with Crippen LogP contribution in [0, 0.1) is 5.41 Å². The van der Waals surface area contributed by atoms with E-state index in [4.69, 9.17) is 0 Å². The fraction of sp³-hybridized carbons (Fsp3) is 0.364. The Labute approximate surface area is 160 Å². The molecule has 0 aliphatic carbocycles. The van der Waals surface area contributed by atoms with Crippen LogP contribution in [0.25, 0.3) is 0 Å². The van der Waals surface area contributed by atoms with Gasteiger partial charge in [-0.15, -0.1) is 0 Å². The highest BCUT2D eigenvalue weighted by Crippen LogP contribution is 2.27. The maximum atomic E-state index is 13.0. The molecule has 142 valence electrons. The second-order valence-corrected chi connectivity index (χ2v) is 7.46. The molecule has 2 aromatic rings. The van der Waals surface area contributed by atoms with Crippen molar-refractivity contribution < 1.29 is 9.59 Å². The minimum atomic E-state index is -0.718. The van der Waals surface area contributed by atoms with E-state index in [1.807, 2.05) is 48.5 Å². The molecule has 0 aromatic heterocycles. The molecule has 5 heteroatoms. The third kappa shape index (κ3) is 5.17. The van der Waals surface area contributed by atoms with Crippen molar-refractivity contribution in [2.45, 2.75) is 25.8 Å². The molecule has 27 heavy (non-hydrogen) atoms. The maximum absolute atomic E-state index is 13.0. The molecule has 1 aliphatic heterocycles. The van der Waals surface area contributed by atoms with Gasteiger partial charge >= 0.3 is 0 Å². The van der Waals surface area contributed by atoms with Crippen LogP contribution in [0.3, 0.4) is 0 Å². The first-order chi connectivity index (χ1) is 13.1. The normalized spacial score (nSPS) is 16.9. The van der Waals surface area contributed by atoms with E-state index in [1.54, 1.807) is 12.1 Å². The van der Waals surface area contributed by atoms with Crippen LogP contribution in [0.4, 0.5) is 0 Å². The average molecular weight is 365 g/mol. The van der Waals surface area contributed by atoms with Gasteiger partial charge in [-0.25, -0.2) is 0 Å². The van der Waals surface area contributed by atoms with Gasteiger partial charge in [0.2, 0.25) is 5.91 Å². The van der Waals surface area contributed by atoms with Gasteiger partial charge in [-0.05, 0) is 49.0 Å². The predicted molar refractivity (Wildman–Crippen MR) is 106 cm³/mol. The number of amides is 2. The zero-order chi connectivity index (χ0) is 19.1. The molecule has 5 nitrogen and oxygen atoms in total. The molecule has 3 N–H and O–H groups in total. The van der Waals surface area contributed by atoms with Crippen LogP contribution < -0.4 is 16.0 Å². The lowest BCUT2D eigenvalue weighted by atomic mass is 9.81. The van der Waals surface area contributed by atoms with E-state index in [2.05, 4.69) is 22.9 Å². The smallest absolute Gasteiger partial charge is 0.252 e. The van der Waals surface area contributed by atoms with Gasteiger partial charge in [-0.3, -0.25) is 9.59 Å². The fourth-order valence-corrected chi connectivity index (χ4v) is 3.36. The molecule has 0 saturated carbocycles. The SMILES string of the molecule is CC1(CNC(=O)C(NC(=O)c2ccccc2)c2ccccc2)CCNCC1. The van der Waals surface area contributed by atoms with Gasteiger partial charge in [-0.2, -0.15) is 0 Å². The number of rotatable bonds is 6. The standard InChI is InChI=1S/C22H27N3O2/c1-22(12-14-23-15-13-22)16-24-21(27)19(17-8-4-2-5-9-17)25-20(26)18-10-6-3-7-11-18/h2-11,19,23H,12-16H2,1H3,(H,24,27)(H,25,26). The Bertz CT molecular complexity index is 756. The molecule has 0 bridgehead atoms. The monoisotopic (exact) mass is 365 g/mol. The van der Waals surface area contributed by atoms with Crippen molar-refractivity contribution in [3.63, 3.8) is 0 Å². The molecule has 1 aliphatic rings. The lowest BCUT2D eigenvalue weighted by Gasteiger charge is -2.34. The largest absolute Gasteiger partial charge is 0.353 e. The molecule has 2 amide bonds. The summed E-state index contributed by atoms with van der Waals surface area (Å²) in [6.07, 6.45) is 2.05. The summed E-state index contributed by atoms with van der Waals surface area (Å²) >= 11 is 0. The third-order valence-corrected chi connectivity index (χ3v) is 5.21. The zero-order valence-corrected chi connectivity index (χ0v) is 15.7. The number of nitrogens with one attached hydrogen (secondary N) is 3. The molecule has 1 saturated heterocycles. The minimum Gasteiger partial charge on any atom is -0.353 e. The summed E-state index contributed by atoms with van der Waals surface area (Å²) in [7, 11) is 0. The Morgan fingerprint density at radius 3 is 2.22 bits per heavy atom. The van der Waals surface area contributed by atoms with Crippen LogP contribution in [-0.2, 0) is 4.79 Å². The Balaban J connectivity index is 1.71. The second-order valence-electron chi connectivity index (χ2n) is 7.46. The number of benzene rings is 2. The molecule has 3 rings (SSSR count). The highest BCUT2D eigenvalue weighted by atomic mass is 16.2. The van der Waals surface area contributed by atoms with Gasteiger partial charge < -0.3 is 16.0 Å². The van der Waals surface area contributed by atoms with Crippen molar-refractivity contribution in [3.05, 3.63) is 71.8 Å². The summed E-state index contributed by atoms with van der Waals surface area (Å²) in [5.41, 5.74) is 1.40. The number of hydrogen-bond donors (Lipinski definition) is 3. The summed E-state index contributed by atoms with van der Waals surface area (Å²) in [6.45, 7) is 4.75. The maximum Gasteiger partial charge on any atom is 0.252 e. The van der Waals surface area contributed by atoms with Crippen molar-refractivity contribution >= 4 is 11.8 Å². The van der Waals surface area contributed by atoms with Gasteiger partial charge in [0.25, 0.3) is 5.91 Å². The predicted octanol–water partition coefficient (Wildman–Crippen LogP) is 2.66. The average Bonchev–Trinajstić information content (AvgIpc) is 2.72. The quantitative estimate of drug-likeness (QED) is 0.737. The fourth-order valence-electron chi connectivity index (χ4n) is 3.36. The summed E-state index contributed by atoms with van der Waals surface area (Å²) in [5.74, 6) is -0.432. The lowest BCUT2D eigenvalue weighted by molar-refractivity contribution is -0.123. The summed E-state index contributed by atoms with van der Waals surface area (Å²) in [4.78, 5) is 25.6. The molecule has 1 heterocycles. The summed E-state index contributed by atoms with van der Waals surface area (Å²) in [5, 5.41) is 9.30. The second kappa shape index (κ2) is 8.82. The highest BCUT2D eigenvalue weighted by molar-refractivity contribution is 5.97. The Morgan fingerprint density at radius 2 is 1.59 bits per heavy atom. The molecular weight excluding hydrogens is 338 g/mol. The van der Waals surface area contributed by atoms with Crippen LogP contribution in [0.1, 0.15) is 41.7 Å². The van der Waals surface area contributed by atoms with E-state index < -0.39 is 6.04 Å². The van der Waals surface area contributed by atoms with Gasteiger partial charge in [0.15, 0.2) is 0 Å². The van der Waals surface area contributed by atoms with Crippen molar-refractivity contribution in [2.24, 2.45) is 5.41 Å². The Kier molecular flexibility index (Phi) is 6.24. The molecule has 2 aromatic carbocycles. The first kappa shape index (κ1) is 19.1. The Morgan fingerprint density at radius 1 is 1.00 bits per heavy atom. The van der Waals surface area contributed by atoms with Crippen LogP contribution in [-0.4, -0.2) is 31.4 Å². The number of carbonyl (C=O) groups is 2. The Hall–Kier alpha value is -2.66. The van der Waals surface area contributed by atoms with Crippen molar-refractivity contribution in [1.29, 1.82) is 0 Å². The van der Waals surface area contributed by atoms with E-state index in [0.717, 1.165) is 31.5 Å². The molecule has 1 fully saturated rings. The molecule has 1 unspecified atom stereocenters. The number of piperidine rings is 1. The van der Waals surface area contributed by atoms with Crippen molar-refractivity contribution in [1.82, 2.24) is 16.0 Å².